The molecule has 1 unspecified atom stereocenters. The van der Waals surface area contributed by atoms with Crippen LogP contribution in [0.15, 0.2) is 53.6 Å². The lowest BCUT2D eigenvalue weighted by Gasteiger charge is -2.24. The standard InChI is InChI=1S/C24H27N3O4S2/c1-16-15-25-24(32-16)26-19-6-11-23(31-21-7-9-22(10-8-21)33(3,29)30)18(13-19)14-20-5-4-12-27(20)17(2)28/h6-11,13,15,20H,4-5,12,14H2,1-3H3,(H,25,26). The summed E-state index contributed by atoms with van der Waals surface area (Å²) in [5, 5.41) is 4.16. The summed E-state index contributed by atoms with van der Waals surface area (Å²) in [6, 6.07) is 12.4. The maximum absolute atomic E-state index is 12.1. The average Bonchev–Trinajstić information content (AvgIpc) is 3.38. The lowest BCUT2D eigenvalue weighted by molar-refractivity contribution is -0.129. The van der Waals surface area contributed by atoms with Gasteiger partial charge in [0, 0.05) is 42.5 Å². The molecule has 1 amide bonds. The average molecular weight is 486 g/mol. The number of rotatable bonds is 7. The Labute approximate surface area is 198 Å². The van der Waals surface area contributed by atoms with Crippen molar-refractivity contribution < 1.29 is 17.9 Å². The first kappa shape index (κ1) is 23.3. The minimum atomic E-state index is -3.27. The van der Waals surface area contributed by atoms with Gasteiger partial charge in [-0.15, -0.1) is 11.3 Å². The van der Waals surface area contributed by atoms with Gasteiger partial charge in [0.1, 0.15) is 11.5 Å². The Morgan fingerprint density at radius 2 is 2.00 bits per heavy atom. The zero-order valence-electron chi connectivity index (χ0n) is 18.9. The molecule has 33 heavy (non-hydrogen) atoms. The summed E-state index contributed by atoms with van der Waals surface area (Å²) in [5.74, 6) is 1.32. The van der Waals surface area contributed by atoms with Crippen molar-refractivity contribution in [3.8, 4) is 11.5 Å². The van der Waals surface area contributed by atoms with Crippen LogP contribution in [-0.4, -0.2) is 43.1 Å². The molecule has 0 spiro atoms. The molecule has 0 bridgehead atoms. The second kappa shape index (κ2) is 9.52. The molecule has 2 heterocycles. The van der Waals surface area contributed by atoms with Crippen LogP contribution in [0, 0.1) is 6.92 Å². The van der Waals surface area contributed by atoms with Gasteiger partial charge in [0.15, 0.2) is 15.0 Å². The molecule has 2 aromatic carbocycles. The first-order chi connectivity index (χ1) is 15.7. The zero-order chi connectivity index (χ0) is 23.6. The fourth-order valence-electron chi connectivity index (χ4n) is 4.05. The van der Waals surface area contributed by atoms with E-state index >= 15 is 0 Å². The summed E-state index contributed by atoms with van der Waals surface area (Å²) in [7, 11) is -3.27. The van der Waals surface area contributed by atoms with Crippen LogP contribution in [0.5, 0.6) is 11.5 Å². The van der Waals surface area contributed by atoms with E-state index in [0.717, 1.165) is 40.6 Å². The zero-order valence-corrected chi connectivity index (χ0v) is 20.5. The van der Waals surface area contributed by atoms with Crippen LogP contribution < -0.4 is 10.1 Å². The van der Waals surface area contributed by atoms with Crippen molar-refractivity contribution in [1.29, 1.82) is 0 Å². The van der Waals surface area contributed by atoms with E-state index in [4.69, 9.17) is 4.74 Å². The van der Waals surface area contributed by atoms with E-state index in [1.54, 1.807) is 42.5 Å². The van der Waals surface area contributed by atoms with Crippen LogP contribution in [0.3, 0.4) is 0 Å². The first-order valence-corrected chi connectivity index (χ1v) is 13.5. The Morgan fingerprint density at radius 3 is 2.64 bits per heavy atom. The number of hydrogen-bond donors (Lipinski definition) is 1. The van der Waals surface area contributed by atoms with E-state index in [1.165, 1.54) is 6.26 Å². The molecule has 1 N–H and O–H groups in total. The number of hydrogen-bond acceptors (Lipinski definition) is 7. The van der Waals surface area contributed by atoms with Gasteiger partial charge in [-0.25, -0.2) is 13.4 Å². The van der Waals surface area contributed by atoms with E-state index in [-0.39, 0.29) is 16.8 Å². The van der Waals surface area contributed by atoms with Crippen LogP contribution in [0.1, 0.15) is 30.2 Å². The van der Waals surface area contributed by atoms with Gasteiger partial charge >= 0.3 is 0 Å². The smallest absolute Gasteiger partial charge is 0.219 e. The molecule has 1 atom stereocenters. The summed E-state index contributed by atoms with van der Waals surface area (Å²) in [6.45, 7) is 4.40. The van der Waals surface area contributed by atoms with E-state index in [2.05, 4.69) is 10.3 Å². The summed E-state index contributed by atoms with van der Waals surface area (Å²) in [4.78, 5) is 19.7. The monoisotopic (exact) mass is 485 g/mol. The second-order valence-electron chi connectivity index (χ2n) is 8.28. The van der Waals surface area contributed by atoms with Crippen LogP contribution in [0.4, 0.5) is 10.8 Å². The Kier molecular flexibility index (Phi) is 6.71. The highest BCUT2D eigenvalue weighted by Crippen LogP contribution is 2.33. The van der Waals surface area contributed by atoms with Crippen LogP contribution in [0.2, 0.25) is 0 Å². The van der Waals surface area contributed by atoms with Gasteiger partial charge in [-0.3, -0.25) is 4.79 Å². The highest BCUT2D eigenvalue weighted by Gasteiger charge is 2.27. The highest BCUT2D eigenvalue weighted by molar-refractivity contribution is 7.90. The maximum atomic E-state index is 12.1. The van der Waals surface area contributed by atoms with Gasteiger partial charge in [0.25, 0.3) is 0 Å². The van der Waals surface area contributed by atoms with Crippen LogP contribution >= 0.6 is 11.3 Å². The Hall–Kier alpha value is -2.91. The molecule has 4 rings (SSSR count). The molecule has 0 saturated carbocycles. The Bertz CT molecular complexity index is 1250. The molecule has 1 saturated heterocycles. The normalized spacial score (nSPS) is 16.1. The van der Waals surface area contributed by atoms with E-state index in [1.807, 2.05) is 36.2 Å². The summed E-state index contributed by atoms with van der Waals surface area (Å²) >= 11 is 1.58. The molecule has 1 fully saturated rings. The van der Waals surface area contributed by atoms with Crippen molar-refractivity contribution >= 4 is 37.9 Å². The van der Waals surface area contributed by atoms with Gasteiger partial charge in [-0.2, -0.15) is 0 Å². The van der Waals surface area contributed by atoms with Gasteiger partial charge in [0.05, 0.1) is 4.90 Å². The van der Waals surface area contributed by atoms with Crippen LogP contribution in [-0.2, 0) is 21.1 Å². The highest BCUT2D eigenvalue weighted by atomic mass is 32.2. The van der Waals surface area contributed by atoms with Crippen LogP contribution in [0.25, 0.3) is 0 Å². The third-order valence-electron chi connectivity index (χ3n) is 5.65. The van der Waals surface area contributed by atoms with Gasteiger partial charge in [0.2, 0.25) is 5.91 Å². The van der Waals surface area contributed by atoms with E-state index < -0.39 is 9.84 Å². The summed E-state index contributed by atoms with van der Waals surface area (Å²) < 4.78 is 29.6. The largest absolute Gasteiger partial charge is 0.457 e. The third kappa shape index (κ3) is 5.72. The lowest BCUT2D eigenvalue weighted by atomic mass is 10.0. The molecule has 174 valence electrons. The molecular formula is C24H27N3O4S2. The fourth-order valence-corrected chi connectivity index (χ4v) is 5.37. The van der Waals surface area contributed by atoms with Gasteiger partial charge in [-0.05, 0) is 74.2 Å². The molecule has 0 radical (unpaired) electrons. The van der Waals surface area contributed by atoms with Gasteiger partial charge < -0.3 is 15.0 Å². The number of amides is 1. The van der Waals surface area contributed by atoms with Crippen molar-refractivity contribution in [2.45, 2.75) is 44.0 Å². The number of anilines is 2. The number of aromatic nitrogens is 1. The molecule has 1 aliphatic heterocycles. The predicted molar refractivity (Wildman–Crippen MR) is 130 cm³/mol. The molecule has 1 aliphatic rings. The number of nitrogens with zero attached hydrogens (tertiary/aromatic N) is 2. The number of thiazole rings is 1. The summed E-state index contributed by atoms with van der Waals surface area (Å²) in [6.07, 6.45) is 5.62. The number of nitrogens with one attached hydrogen (secondary N) is 1. The molecule has 3 aromatic rings. The SMILES string of the molecule is CC(=O)N1CCCC1Cc1cc(Nc2ncc(C)s2)ccc1Oc1ccc(S(C)(=O)=O)cc1. The topological polar surface area (TPSA) is 88.6 Å². The number of likely N-dealkylation sites (tertiary alicyclic amines) is 1. The van der Waals surface area contributed by atoms with E-state index in [9.17, 15) is 13.2 Å². The van der Waals surface area contributed by atoms with Crippen molar-refractivity contribution in [3.63, 3.8) is 0 Å². The number of carbonyl (C=O) groups excluding carboxylic acids is 1. The maximum Gasteiger partial charge on any atom is 0.219 e. The third-order valence-corrected chi connectivity index (χ3v) is 7.61. The second-order valence-corrected chi connectivity index (χ2v) is 11.5. The first-order valence-electron chi connectivity index (χ1n) is 10.8. The molecule has 1 aromatic heterocycles. The number of benzene rings is 2. The molecule has 7 nitrogen and oxygen atoms in total. The lowest BCUT2D eigenvalue weighted by Crippen LogP contribution is -2.35. The van der Waals surface area contributed by atoms with Crippen molar-refractivity contribution in [1.82, 2.24) is 9.88 Å². The predicted octanol–water partition coefficient (Wildman–Crippen LogP) is 4.94. The minimum absolute atomic E-state index is 0.0869. The summed E-state index contributed by atoms with van der Waals surface area (Å²) in [5.41, 5.74) is 1.87. The molecule has 0 aliphatic carbocycles. The Balaban J connectivity index is 1.62. The molecule has 9 heteroatoms. The Morgan fingerprint density at radius 1 is 1.24 bits per heavy atom. The van der Waals surface area contributed by atoms with E-state index in [0.29, 0.717) is 17.9 Å². The van der Waals surface area contributed by atoms with Gasteiger partial charge in [-0.1, -0.05) is 0 Å². The van der Waals surface area contributed by atoms with Crippen molar-refractivity contribution in [2.24, 2.45) is 0 Å². The van der Waals surface area contributed by atoms with Crippen molar-refractivity contribution in [3.05, 3.63) is 59.1 Å². The number of aryl methyl sites for hydroxylation is 1. The number of ether oxygens (including phenoxy) is 1. The van der Waals surface area contributed by atoms with Crippen molar-refractivity contribution in [2.75, 3.05) is 18.1 Å². The number of sulfone groups is 1. The quantitative estimate of drug-likeness (QED) is 0.510. The fraction of sp³-hybridized carbons (Fsp3) is 0.333. The number of carbonyl (C=O) groups is 1. The molecular weight excluding hydrogens is 458 g/mol. The minimum Gasteiger partial charge on any atom is -0.457 e.